The Balaban J connectivity index is 1.60. The Kier molecular flexibility index (Phi) is 3.98. The molecule has 110 valence electrons. The Morgan fingerprint density at radius 1 is 1.30 bits per heavy atom. The molecule has 1 N–H and O–H groups in total. The molecular weight excluding hydrogens is 260 g/mol. The van der Waals surface area contributed by atoms with E-state index in [1.165, 1.54) is 0 Å². The van der Waals surface area contributed by atoms with Crippen LogP contribution in [-0.2, 0) is 28.9 Å². The Bertz CT molecular complexity index is 482. The van der Waals surface area contributed by atoms with Crippen LogP contribution in [-0.4, -0.2) is 63.6 Å². The van der Waals surface area contributed by atoms with Gasteiger partial charge in [-0.3, -0.25) is 9.69 Å². The topological polar surface area (TPSA) is 80.5 Å². The molecule has 0 spiro atoms. The predicted molar refractivity (Wildman–Crippen MR) is 70.4 cm³/mol. The third-order valence-electron chi connectivity index (χ3n) is 4.14. The maximum atomic E-state index is 11.0. The zero-order valence-corrected chi connectivity index (χ0v) is 11.5. The number of ether oxygens (including phenoxy) is 1. The number of morpholine rings is 1. The first kappa shape index (κ1) is 13.5. The standard InChI is InChI=1S/C13H20N4O3/c18-13(19)10-1-4-17-11(14-15-12(17)9-10)2-3-16-5-7-20-8-6-16/h10H,1-9H2,(H,18,19). The fourth-order valence-electron chi connectivity index (χ4n) is 2.87. The molecule has 3 rings (SSSR count). The van der Waals surface area contributed by atoms with E-state index in [0.29, 0.717) is 12.8 Å². The van der Waals surface area contributed by atoms with Crippen molar-refractivity contribution in [3.63, 3.8) is 0 Å². The highest BCUT2D eigenvalue weighted by atomic mass is 16.5. The summed E-state index contributed by atoms with van der Waals surface area (Å²) in [5.41, 5.74) is 0. The van der Waals surface area contributed by atoms with E-state index in [0.717, 1.165) is 57.5 Å². The van der Waals surface area contributed by atoms with Crippen molar-refractivity contribution < 1.29 is 14.6 Å². The molecule has 7 heteroatoms. The van der Waals surface area contributed by atoms with Crippen molar-refractivity contribution in [2.45, 2.75) is 25.8 Å². The van der Waals surface area contributed by atoms with E-state index < -0.39 is 5.97 Å². The van der Waals surface area contributed by atoms with Gasteiger partial charge in [-0.25, -0.2) is 0 Å². The second kappa shape index (κ2) is 5.88. The summed E-state index contributed by atoms with van der Waals surface area (Å²) in [5.74, 6) is 0.767. The molecule has 3 heterocycles. The molecule has 1 aromatic heterocycles. The van der Waals surface area contributed by atoms with E-state index in [-0.39, 0.29) is 5.92 Å². The van der Waals surface area contributed by atoms with Gasteiger partial charge in [-0.1, -0.05) is 0 Å². The van der Waals surface area contributed by atoms with Gasteiger partial charge in [-0.05, 0) is 6.42 Å². The van der Waals surface area contributed by atoms with E-state index in [1.54, 1.807) is 0 Å². The Morgan fingerprint density at radius 3 is 2.85 bits per heavy atom. The minimum absolute atomic E-state index is 0.307. The third-order valence-corrected chi connectivity index (χ3v) is 4.14. The zero-order valence-electron chi connectivity index (χ0n) is 11.5. The highest BCUT2D eigenvalue weighted by molar-refractivity contribution is 5.70. The highest BCUT2D eigenvalue weighted by Gasteiger charge is 2.27. The van der Waals surface area contributed by atoms with Crippen molar-refractivity contribution in [2.75, 3.05) is 32.8 Å². The van der Waals surface area contributed by atoms with E-state index in [4.69, 9.17) is 9.84 Å². The minimum Gasteiger partial charge on any atom is -0.481 e. The maximum absolute atomic E-state index is 11.0. The van der Waals surface area contributed by atoms with Crippen molar-refractivity contribution in [1.29, 1.82) is 0 Å². The normalized spacial score (nSPS) is 23.5. The molecule has 1 aromatic rings. The molecule has 1 atom stereocenters. The summed E-state index contributed by atoms with van der Waals surface area (Å²) in [6, 6.07) is 0. The molecule has 2 aliphatic rings. The molecule has 1 unspecified atom stereocenters. The molecule has 0 aliphatic carbocycles. The Labute approximate surface area is 117 Å². The van der Waals surface area contributed by atoms with Crippen LogP contribution < -0.4 is 0 Å². The van der Waals surface area contributed by atoms with Gasteiger partial charge in [0, 0.05) is 39.0 Å². The van der Waals surface area contributed by atoms with Crippen LogP contribution in [0.2, 0.25) is 0 Å². The van der Waals surface area contributed by atoms with Crippen molar-refractivity contribution >= 4 is 5.97 Å². The lowest BCUT2D eigenvalue weighted by Gasteiger charge is -2.26. The number of carboxylic acids is 1. The second-order valence-electron chi connectivity index (χ2n) is 5.42. The fourth-order valence-corrected chi connectivity index (χ4v) is 2.87. The number of aliphatic carboxylic acids is 1. The average molecular weight is 280 g/mol. The molecule has 0 saturated carbocycles. The van der Waals surface area contributed by atoms with Gasteiger partial charge in [0.05, 0.1) is 19.1 Å². The molecule has 0 amide bonds. The van der Waals surface area contributed by atoms with Crippen LogP contribution in [0.25, 0.3) is 0 Å². The molecular formula is C13H20N4O3. The number of carbonyl (C=O) groups is 1. The van der Waals surface area contributed by atoms with Gasteiger partial charge >= 0.3 is 5.97 Å². The van der Waals surface area contributed by atoms with Crippen LogP contribution in [0, 0.1) is 5.92 Å². The molecule has 0 aromatic carbocycles. The number of nitrogens with zero attached hydrogens (tertiary/aromatic N) is 4. The first-order valence-corrected chi connectivity index (χ1v) is 7.18. The highest BCUT2D eigenvalue weighted by Crippen LogP contribution is 2.20. The molecule has 2 aliphatic heterocycles. The Morgan fingerprint density at radius 2 is 2.10 bits per heavy atom. The van der Waals surface area contributed by atoms with Crippen LogP contribution >= 0.6 is 0 Å². The molecule has 0 radical (unpaired) electrons. The molecule has 1 saturated heterocycles. The fraction of sp³-hybridized carbons (Fsp3) is 0.769. The largest absolute Gasteiger partial charge is 0.481 e. The maximum Gasteiger partial charge on any atom is 0.307 e. The predicted octanol–water partition coefficient (Wildman–Crippen LogP) is -0.200. The van der Waals surface area contributed by atoms with Gasteiger partial charge in [-0.15, -0.1) is 10.2 Å². The molecule has 1 fully saturated rings. The van der Waals surface area contributed by atoms with Gasteiger partial charge in [0.25, 0.3) is 0 Å². The minimum atomic E-state index is -0.728. The summed E-state index contributed by atoms with van der Waals surface area (Å²) in [7, 11) is 0. The third kappa shape index (κ3) is 2.83. The number of rotatable bonds is 4. The smallest absolute Gasteiger partial charge is 0.307 e. The van der Waals surface area contributed by atoms with Crippen LogP contribution in [0.1, 0.15) is 18.1 Å². The summed E-state index contributed by atoms with van der Waals surface area (Å²) in [5, 5.41) is 17.5. The summed E-state index contributed by atoms with van der Waals surface area (Å²) in [6.45, 7) is 5.24. The zero-order chi connectivity index (χ0) is 13.9. The first-order valence-electron chi connectivity index (χ1n) is 7.18. The van der Waals surface area contributed by atoms with Gasteiger partial charge in [0.2, 0.25) is 0 Å². The number of hydrogen-bond acceptors (Lipinski definition) is 5. The summed E-state index contributed by atoms with van der Waals surface area (Å²) in [6.07, 6.45) is 2.04. The summed E-state index contributed by atoms with van der Waals surface area (Å²) in [4.78, 5) is 13.4. The number of hydrogen-bond donors (Lipinski definition) is 1. The Hall–Kier alpha value is -1.47. The number of aromatic nitrogens is 3. The van der Waals surface area contributed by atoms with Crippen LogP contribution in [0.3, 0.4) is 0 Å². The van der Waals surface area contributed by atoms with Gasteiger partial charge in [-0.2, -0.15) is 0 Å². The van der Waals surface area contributed by atoms with Crippen LogP contribution in [0.15, 0.2) is 0 Å². The van der Waals surface area contributed by atoms with Gasteiger partial charge in [0.1, 0.15) is 11.6 Å². The van der Waals surface area contributed by atoms with E-state index in [2.05, 4.69) is 19.7 Å². The van der Waals surface area contributed by atoms with Crippen LogP contribution in [0.4, 0.5) is 0 Å². The monoisotopic (exact) mass is 280 g/mol. The average Bonchev–Trinajstić information content (AvgIpc) is 2.88. The van der Waals surface area contributed by atoms with Crippen molar-refractivity contribution in [1.82, 2.24) is 19.7 Å². The number of fused-ring (bicyclic) bond motifs is 1. The van der Waals surface area contributed by atoms with E-state index in [1.807, 2.05) is 0 Å². The van der Waals surface area contributed by atoms with E-state index >= 15 is 0 Å². The summed E-state index contributed by atoms with van der Waals surface area (Å²) < 4.78 is 7.43. The van der Waals surface area contributed by atoms with E-state index in [9.17, 15) is 4.79 Å². The SMILES string of the molecule is O=C(O)C1CCn2c(CCN3CCOCC3)nnc2C1. The van der Waals surface area contributed by atoms with Crippen molar-refractivity contribution in [3.05, 3.63) is 11.6 Å². The first-order chi connectivity index (χ1) is 9.74. The quantitative estimate of drug-likeness (QED) is 0.822. The van der Waals surface area contributed by atoms with Gasteiger partial charge in [0.15, 0.2) is 0 Å². The lowest BCUT2D eigenvalue weighted by atomic mass is 9.98. The lowest BCUT2D eigenvalue weighted by Crippen LogP contribution is -2.37. The molecule has 7 nitrogen and oxygen atoms in total. The van der Waals surface area contributed by atoms with Crippen molar-refractivity contribution in [2.24, 2.45) is 5.92 Å². The van der Waals surface area contributed by atoms with Crippen LogP contribution in [0.5, 0.6) is 0 Å². The number of carboxylic acid groups (broad SMARTS) is 1. The lowest BCUT2D eigenvalue weighted by molar-refractivity contribution is -0.142. The molecule has 0 bridgehead atoms. The second-order valence-corrected chi connectivity index (χ2v) is 5.42. The molecule has 20 heavy (non-hydrogen) atoms. The van der Waals surface area contributed by atoms with Gasteiger partial charge < -0.3 is 14.4 Å². The summed E-state index contributed by atoms with van der Waals surface area (Å²) >= 11 is 0. The van der Waals surface area contributed by atoms with Crippen molar-refractivity contribution in [3.8, 4) is 0 Å².